The third-order valence-corrected chi connectivity index (χ3v) is 4.91. The molecule has 2 amide bonds. The topological polar surface area (TPSA) is 76.5 Å². The smallest absolute Gasteiger partial charge is 0.241 e. The highest BCUT2D eigenvalue weighted by Crippen LogP contribution is 2.32. The van der Waals surface area contributed by atoms with Crippen molar-refractivity contribution in [3.8, 4) is 0 Å². The van der Waals surface area contributed by atoms with Crippen molar-refractivity contribution in [2.75, 3.05) is 26.3 Å². The summed E-state index contributed by atoms with van der Waals surface area (Å²) >= 11 is 0. The number of nitrogens with one attached hydrogen (secondary N) is 1. The van der Waals surface area contributed by atoms with E-state index in [0.29, 0.717) is 26.3 Å². The van der Waals surface area contributed by atoms with Gasteiger partial charge in [0.2, 0.25) is 11.8 Å². The van der Waals surface area contributed by atoms with E-state index in [2.05, 4.69) is 10.4 Å². The summed E-state index contributed by atoms with van der Waals surface area (Å²) in [6, 6.07) is 2.20. The van der Waals surface area contributed by atoms with E-state index >= 15 is 0 Å². The fourth-order valence-corrected chi connectivity index (χ4v) is 3.38. The maximum absolute atomic E-state index is 12.6. The van der Waals surface area contributed by atoms with Gasteiger partial charge in [-0.15, -0.1) is 0 Å². The maximum atomic E-state index is 12.6. The largest absolute Gasteiger partial charge is 0.381 e. The number of nitrogens with zero attached hydrogens (tertiary/aromatic N) is 3. The lowest BCUT2D eigenvalue weighted by Crippen LogP contribution is -2.47. The molecule has 1 N–H and O–H groups in total. The molecule has 25 heavy (non-hydrogen) atoms. The van der Waals surface area contributed by atoms with Crippen molar-refractivity contribution in [3.05, 3.63) is 17.5 Å². The average molecular weight is 348 g/mol. The monoisotopic (exact) mass is 348 g/mol. The van der Waals surface area contributed by atoms with Crippen molar-refractivity contribution in [1.29, 1.82) is 0 Å². The normalized spacial score (nSPS) is 18.2. The first-order valence-electron chi connectivity index (χ1n) is 9.20. The zero-order valence-electron chi connectivity index (χ0n) is 15.2. The number of aryl methyl sites for hydroxylation is 2. The number of ether oxygens (including phenoxy) is 1. The Morgan fingerprint density at radius 1 is 1.28 bits per heavy atom. The second-order valence-electron chi connectivity index (χ2n) is 7.08. The summed E-state index contributed by atoms with van der Waals surface area (Å²) in [6.45, 7) is 6.54. The molecule has 7 nitrogen and oxygen atoms in total. The van der Waals surface area contributed by atoms with E-state index in [1.54, 1.807) is 4.68 Å². The zero-order valence-corrected chi connectivity index (χ0v) is 15.2. The molecule has 1 aliphatic heterocycles. The highest BCUT2D eigenvalue weighted by atomic mass is 16.5. The number of carbonyl (C=O) groups excluding carboxylic acids is 2. The quantitative estimate of drug-likeness (QED) is 0.799. The molecule has 1 aliphatic carbocycles. The number of hydrogen-bond acceptors (Lipinski definition) is 4. The summed E-state index contributed by atoms with van der Waals surface area (Å²) < 4.78 is 7.12. The lowest BCUT2D eigenvalue weighted by atomic mass is 10.1. The minimum atomic E-state index is -0.0722. The first kappa shape index (κ1) is 17.9. The SMILES string of the molecule is Cc1cc(C)n(CC(=O)NCCN(C(=O)C2CC2)C2CCOCC2)n1. The molecule has 2 aliphatic rings. The Balaban J connectivity index is 1.49. The van der Waals surface area contributed by atoms with E-state index < -0.39 is 0 Å². The van der Waals surface area contributed by atoms with Gasteiger partial charge >= 0.3 is 0 Å². The lowest BCUT2D eigenvalue weighted by Gasteiger charge is -2.34. The molecule has 2 fully saturated rings. The molecule has 0 unspecified atom stereocenters. The molecular formula is C18H28N4O3. The Morgan fingerprint density at radius 3 is 2.60 bits per heavy atom. The van der Waals surface area contributed by atoms with Crippen molar-refractivity contribution in [3.63, 3.8) is 0 Å². The van der Waals surface area contributed by atoms with E-state index in [1.807, 2.05) is 24.8 Å². The molecule has 7 heteroatoms. The minimum absolute atomic E-state index is 0.0722. The van der Waals surface area contributed by atoms with E-state index in [9.17, 15) is 9.59 Å². The second-order valence-corrected chi connectivity index (χ2v) is 7.08. The van der Waals surface area contributed by atoms with Crippen molar-refractivity contribution < 1.29 is 14.3 Å². The van der Waals surface area contributed by atoms with Crippen LogP contribution in [0, 0.1) is 19.8 Å². The van der Waals surface area contributed by atoms with E-state index in [4.69, 9.17) is 4.74 Å². The van der Waals surface area contributed by atoms with Gasteiger partial charge in [-0.2, -0.15) is 5.10 Å². The minimum Gasteiger partial charge on any atom is -0.381 e. The van der Waals surface area contributed by atoms with Crippen LogP contribution in [-0.2, 0) is 20.9 Å². The van der Waals surface area contributed by atoms with Crippen molar-refractivity contribution in [1.82, 2.24) is 20.0 Å². The molecule has 1 saturated heterocycles. The molecule has 1 saturated carbocycles. The summed E-state index contributed by atoms with van der Waals surface area (Å²) in [5.74, 6) is 0.380. The molecular weight excluding hydrogens is 320 g/mol. The first-order valence-corrected chi connectivity index (χ1v) is 9.20. The van der Waals surface area contributed by atoms with Gasteiger partial charge in [0, 0.05) is 44.0 Å². The van der Waals surface area contributed by atoms with Crippen LogP contribution in [0.5, 0.6) is 0 Å². The summed E-state index contributed by atoms with van der Waals surface area (Å²) in [5.41, 5.74) is 1.88. The van der Waals surface area contributed by atoms with Crippen LogP contribution in [0.25, 0.3) is 0 Å². The Morgan fingerprint density at radius 2 is 2.00 bits per heavy atom. The Hall–Kier alpha value is -1.89. The van der Waals surface area contributed by atoms with Crippen LogP contribution in [-0.4, -0.2) is 58.8 Å². The molecule has 138 valence electrons. The number of carbonyl (C=O) groups is 2. The lowest BCUT2D eigenvalue weighted by molar-refractivity contribution is -0.137. The maximum Gasteiger partial charge on any atom is 0.241 e. The molecule has 0 radical (unpaired) electrons. The Bertz CT molecular complexity index is 618. The molecule has 2 heterocycles. The summed E-state index contributed by atoms with van der Waals surface area (Å²) in [6.07, 6.45) is 3.78. The standard InChI is InChI=1S/C18H28N4O3/c1-13-11-14(2)22(20-13)12-17(23)19-7-8-21(18(24)15-3-4-15)16-5-9-25-10-6-16/h11,15-16H,3-10,12H2,1-2H3,(H,19,23). The summed E-state index contributed by atoms with van der Waals surface area (Å²) in [7, 11) is 0. The van der Waals surface area contributed by atoms with Gasteiger partial charge in [-0.05, 0) is 45.6 Å². The van der Waals surface area contributed by atoms with Crippen LogP contribution in [0.1, 0.15) is 37.1 Å². The number of hydrogen-bond donors (Lipinski definition) is 1. The van der Waals surface area contributed by atoms with Crippen molar-refractivity contribution >= 4 is 11.8 Å². The molecule has 0 bridgehead atoms. The molecule has 1 aromatic rings. The molecule has 1 aromatic heterocycles. The first-order chi connectivity index (χ1) is 12.0. The third kappa shape index (κ3) is 4.81. The Labute approximate surface area is 148 Å². The number of aromatic nitrogens is 2. The van der Waals surface area contributed by atoms with Crippen LogP contribution in [0.3, 0.4) is 0 Å². The number of rotatable bonds is 7. The summed E-state index contributed by atoms with van der Waals surface area (Å²) in [5, 5.41) is 7.23. The number of amides is 2. The average Bonchev–Trinajstić information content (AvgIpc) is 3.38. The van der Waals surface area contributed by atoms with Gasteiger partial charge < -0.3 is 15.0 Å². The fraction of sp³-hybridized carbons (Fsp3) is 0.722. The van der Waals surface area contributed by atoms with Gasteiger partial charge in [-0.1, -0.05) is 0 Å². The fourth-order valence-electron chi connectivity index (χ4n) is 3.38. The van der Waals surface area contributed by atoms with Gasteiger partial charge in [-0.3, -0.25) is 14.3 Å². The Kier molecular flexibility index (Phi) is 5.73. The molecule has 0 aromatic carbocycles. The third-order valence-electron chi connectivity index (χ3n) is 4.91. The highest BCUT2D eigenvalue weighted by molar-refractivity contribution is 5.81. The van der Waals surface area contributed by atoms with Gasteiger partial charge in [0.05, 0.1) is 5.69 Å². The van der Waals surface area contributed by atoms with Gasteiger partial charge in [0.15, 0.2) is 0 Å². The molecule has 0 spiro atoms. The molecule has 0 atom stereocenters. The van der Waals surface area contributed by atoms with Gasteiger partial charge in [-0.25, -0.2) is 0 Å². The highest BCUT2D eigenvalue weighted by Gasteiger charge is 2.36. The van der Waals surface area contributed by atoms with Gasteiger partial charge in [0.25, 0.3) is 0 Å². The van der Waals surface area contributed by atoms with Gasteiger partial charge in [0.1, 0.15) is 6.54 Å². The van der Waals surface area contributed by atoms with Crippen molar-refractivity contribution in [2.24, 2.45) is 5.92 Å². The zero-order chi connectivity index (χ0) is 17.8. The van der Waals surface area contributed by atoms with Crippen LogP contribution >= 0.6 is 0 Å². The second kappa shape index (κ2) is 7.99. The van der Waals surface area contributed by atoms with E-state index in [-0.39, 0.29) is 30.3 Å². The summed E-state index contributed by atoms with van der Waals surface area (Å²) in [4.78, 5) is 26.7. The van der Waals surface area contributed by atoms with Crippen LogP contribution in [0.2, 0.25) is 0 Å². The predicted molar refractivity (Wildman–Crippen MR) is 93.0 cm³/mol. The predicted octanol–water partition coefficient (Wildman–Crippen LogP) is 1.03. The van der Waals surface area contributed by atoms with E-state index in [1.165, 1.54) is 0 Å². The van der Waals surface area contributed by atoms with Crippen LogP contribution in [0.15, 0.2) is 6.07 Å². The van der Waals surface area contributed by atoms with E-state index in [0.717, 1.165) is 37.1 Å². The van der Waals surface area contributed by atoms with Crippen molar-refractivity contribution in [2.45, 2.75) is 52.1 Å². The van der Waals surface area contributed by atoms with Crippen LogP contribution < -0.4 is 5.32 Å². The van der Waals surface area contributed by atoms with Crippen LogP contribution in [0.4, 0.5) is 0 Å². The molecule has 3 rings (SSSR count).